The summed E-state index contributed by atoms with van der Waals surface area (Å²) in [6.45, 7) is 0.856. The van der Waals surface area contributed by atoms with Crippen molar-refractivity contribution >= 4 is 37.8 Å². The number of pyridine rings is 1. The molecular weight excluding hydrogens is 611 g/mol. The fraction of sp³-hybridized carbons (Fsp3) is 0.241. The Labute approximate surface area is 246 Å². The number of carbonyl (C=O) groups is 1. The zero-order chi connectivity index (χ0) is 28.8. The van der Waals surface area contributed by atoms with Crippen LogP contribution in [0.15, 0.2) is 88.4 Å². The molecule has 2 N–H and O–H groups in total. The Morgan fingerprint density at radius 3 is 2.54 bits per heavy atom. The van der Waals surface area contributed by atoms with E-state index in [0.29, 0.717) is 43.1 Å². The first-order valence-corrected chi connectivity index (χ1v) is 15.4. The van der Waals surface area contributed by atoms with E-state index in [9.17, 15) is 17.6 Å². The van der Waals surface area contributed by atoms with Gasteiger partial charge in [-0.25, -0.2) is 22.8 Å². The molecule has 9 nitrogen and oxygen atoms in total. The summed E-state index contributed by atoms with van der Waals surface area (Å²) in [6, 6.07) is 19.0. The zero-order valence-corrected chi connectivity index (χ0v) is 24.4. The van der Waals surface area contributed by atoms with Crippen LogP contribution in [0.1, 0.15) is 24.2 Å². The monoisotopic (exact) mass is 638 g/mol. The van der Waals surface area contributed by atoms with Crippen molar-refractivity contribution in [3.63, 3.8) is 0 Å². The average molecular weight is 640 g/mol. The van der Waals surface area contributed by atoms with E-state index in [0.717, 1.165) is 27.9 Å². The highest BCUT2D eigenvalue weighted by Gasteiger charge is 2.39. The average Bonchev–Trinajstić information content (AvgIpc) is 3.48. The molecule has 0 saturated carbocycles. The first-order chi connectivity index (χ1) is 19.8. The van der Waals surface area contributed by atoms with Gasteiger partial charge in [0.05, 0.1) is 22.8 Å². The molecule has 41 heavy (non-hydrogen) atoms. The Bertz CT molecular complexity index is 1610. The Kier molecular flexibility index (Phi) is 9.01. The highest BCUT2D eigenvalue weighted by atomic mass is 79.9. The number of aromatic nitrogens is 3. The number of carbonyl (C=O) groups excluding carboxylic acids is 1. The second-order valence-electron chi connectivity index (χ2n) is 9.52. The predicted octanol–water partition coefficient (Wildman–Crippen LogP) is 4.56. The maximum atomic E-state index is 13.4. The van der Waals surface area contributed by atoms with Gasteiger partial charge < -0.3 is 10.6 Å². The Morgan fingerprint density at radius 2 is 1.80 bits per heavy atom. The van der Waals surface area contributed by atoms with Crippen LogP contribution < -0.4 is 10.6 Å². The summed E-state index contributed by atoms with van der Waals surface area (Å²) in [5.74, 6) is -0.536. The molecule has 1 saturated heterocycles. The second-order valence-corrected chi connectivity index (χ2v) is 12.3. The third-order valence-corrected chi connectivity index (χ3v) is 9.13. The Balaban J connectivity index is 1.31. The van der Waals surface area contributed by atoms with E-state index in [1.165, 1.54) is 16.4 Å². The quantitative estimate of drug-likeness (QED) is 0.261. The molecule has 1 aliphatic rings. The van der Waals surface area contributed by atoms with Crippen molar-refractivity contribution in [3.8, 4) is 11.3 Å². The molecule has 1 fully saturated rings. The molecule has 0 bridgehead atoms. The number of nitrogens with zero attached hydrogens (tertiary/aromatic N) is 4. The van der Waals surface area contributed by atoms with Gasteiger partial charge in [-0.2, -0.15) is 4.31 Å². The van der Waals surface area contributed by atoms with Gasteiger partial charge in [0.1, 0.15) is 11.9 Å². The molecule has 2 aromatic carbocycles. The van der Waals surface area contributed by atoms with Crippen LogP contribution in [-0.2, 0) is 27.8 Å². The van der Waals surface area contributed by atoms with Gasteiger partial charge in [-0.05, 0) is 67.4 Å². The number of hydrogen-bond acceptors (Lipinski definition) is 7. The minimum absolute atomic E-state index is 0.0463. The maximum Gasteiger partial charge on any atom is 0.243 e. The molecule has 0 spiro atoms. The van der Waals surface area contributed by atoms with E-state index in [2.05, 4.69) is 41.5 Å². The van der Waals surface area contributed by atoms with Crippen LogP contribution in [0, 0.1) is 5.82 Å². The van der Waals surface area contributed by atoms with Crippen LogP contribution in [0.25, 0.3) is 11.3 Å². The molecule has 0 radical (unpaired) electrons. The maximum absolute atomic E-state index is 13.4. The van der Waals surface area contributed by atoms with Gasteiger partial charge in [-0.15, -0.1) is 0 Å². The number of rotatable bonds is 10. The van der Waals surface area contributed by atoms with Crippen LogP contribution in [0.4, 0.5) is 10.3 Å². The van der Waals surface area contributed by atoms with Gasteiger partial charge in [-0.3, -0.25) is 9.78 Å². The van der Waals surface area contributed by atoms with Crippen LogP contribution in [0.5, 0.6) is 0 Å². The van der Waals surface area contributed by atoms with E-state index in [1.807, 2.05) is 42.5 Å². The normalized spacial score (nSPS) is 15.5. The molecule has 212 valence electrons. The molecule has 3 heterocycles. The van der Waals surface area contributed by atoms with Crippen molar-refractivity contribution < 1.29 is 17.6 Å². The largest absolute Gasteiger partial charge is 0.354 e. The lowest BCUT2D eigenvalue weighted by Gasteiger charge is -2.23. The highest BCUT2D eigenvalue weighted by molar-refractivity contribution is 9.10. The molecule has 2 aromatic heterocycles. The molecule has 1 amide bonds. The van der Waals surface area contributed by atoms with Gasteiger partial charge in [0.2, 0.25) is 21.9 Å². The SMILES string of the molecule is O=C(NCc1cc(-c2ccc(Br)cc2)nc(NCCc2ccccn2)n1)[C@@H]1CCCN1S(=O)(=O)c1ccc(F)cc1. The molecular formula is C29H28BrFN6O3S. The van der Waals surface area contributed by atoms with E-state index >= 15 is 0 Å². The number of sulfonamides is 1. The number of halogens is 2. The summed E-state index contributed by atoms with van der Waals surface area (Å²) in [4.78, 5) is 26.8. The summed E-state index contributed by atoms with van der Waals surface area (Å²) < 4.78 is 41.9. The van der Waals surface area contributed by atoms with E-state index in [4.69, 9.17) is 0 Å². The number of nitrogens with one attached hydrogen (secondary N) is 2. The second kappa shape index (κ2) is 12.8. The predicted molar refractivity (Wildman–Crippen MR) is 157 cm³/mol. The van der Waals surface area contributed by atoms with Gasteiger partial charge in [0, 0.05) is 41.4 Å². The van der Waals surface area contributed by atoms with Gasteiger partial charge in [0.15, 0.2) is 0 Å². The minimum Gasteiger partial charge on any atom is -0.354 e. The fourth-order valence-corrected chi connectivity index (χ4v) is 6.53. The summed E-state index contributed by atoms with van der Waals surface area (Å²) in [5.41, 5.74) is 3.06. The van der Waals surface area contributed by atoms with Crippen molar-refractivity contribution in [1.29, 1.82) is 0 Å². The first kappa shape index (κ1) is 28.8. The summed E-state index contributed by atoms with van der Waals surface area (Å²) >= 11 is 3.45. The Morgan fingerprint density at radius 1 is 1.02 bits per heavy atom. The zero-order valence-electron chi connectivity index (χ0n) is 22.0. The third-order valence-electron chi connectivity index (χ3n) is 6.68. The number of amides is 1. The van der Waals surface area contributed by atoms with Crippen molar-refractivity contribution in [2.75, 3.05) is 18.4 Å². The van der Waals surface area contributed by atoms with Crippen LogP contribution in [0.2, 0.25) is 0 Å². The number of hydrogen-bond donors (Lipinski definition) is 2. The van der Waals surface area contributed by atoms with E-state index < -0.39 is 27.8 Å². The van der Waals surface area contributed by atoms with Gasteiger partial charge in [0.25, 0.3) is 0 Å². The van der Waals surface area contributed by atoms with Crippen molar-refractivity contribution in [2.24, 2.45) is 0 Å². The topological polar surface area (TPSA) is 117 Å². The third kappa shape index (κ3) is 7.13. The molecule has 4 aromatic rings. The van der Waals surface area contributed by atoms with Crippen LogP contribution in [-0.4, -0.2) is 52.7 Å². The fourth-order valence-electron chi connectivity index (χ4n) is 4.61. The summed E-state index contributed by atoms with van der Waals surface area (Å²) in [5, 5.41) is 6.11. The summed E-state index contributed by atoms with van der Waals surface area (Å²) in [6.07, 6.45) is 3.36. The van der Waals surface area contributed by atoms with Crippen LogP contribution in [0.3, 0.4) is 0 Å². The Hall–Kier alpha value is -3.74. The number of benzene rings is 2. The molecule has 0 unspecified atom stereocenters. The standard InChI is InChI=1S/C29H28BrFN6O3S/c30-21-8-6-20(7-9-21)26-18-24(35-29(36-26)33-16-14-23-4-1-2-15-32-23)19-34-28(38)27-5-3-17-37(27)41(39,40)25-12-10-22(31)11-13-25/h1-2,4,6-13,15,18,27H,3,5,14,16-17,19H2,(H,34,38)(H,33,35,36)/t27-/m0/s1. The lowest BCUT2D eigenvalue weighted by atomic mass is 10.1. The lowest BCUT2D eigenvalue weighted by Crippen LogP contribution is -2.45. The number of anilines is 1. The molecule has 5 rings (SSSR count). The lowest BCUT2D eigenvalue weighted by molar-refractivity contribution is -0.124. The van der Waals surface area contributed by atoms with Crippen LogP contribution >= 0.6 is 15.9 Å². The first-order valence-electron chi connectivity index (χ1n) is 13.1. The smallest absolute Gasteiger partial charge is 0.243 e. The molecule has 1 aliphatic heterocycles. The molecule has 1 atom stereocenters. The molecule has 12 heteroatoms. The summed E-state index contributed by atoms with van der Waals surface area (Å²) in [7, 11) is -3.96. The minimum atomic E-state index is -3.96. The van der Waals surface area contributed by atoms with E-state index in [1.54, 1.807) is 12.3 Å². The molecule has 0 aliphatic carbocycles. The van der Waals surface area contributed by atoms with E-state index in [-0.39, 0.29) is 18.0 Å². The highest BCUT2D eigenvalue weighted by Crippen LogP contribution is 2.27. The van der Waals surface area contributed by atoms with Crippen molar-refractivity contribution in [1.82, 2.24) is 24.6 Å². The van der Waals surface area contributed by atoms with Crippen molar-refractivity contribution in [2.45, 2.75) is 36.7 Å². The van der Waals surface area contributed by atoms with Crippen molar-refractivity contribution in [3.05, 3.63) is 101 Å². The van der Waals surface area contributed by atoms with Gasteiger partial charge in [-0.1, -0.05) is 34.1 Å². The van der Waals surface area contributed by atoms with Gasteiger partial charge >= 0.3 is 0 Å².